The Bertz CT molecular complexity index is 736. The number of guanidine groups is 1. The Morgan fingerprint density at radius 2 is 1.81 bits per heavy atom. The minimum atomic E-state index is 0.559. The number of nitrogens with zero attached hydrogens (tertiary/aromatic N) is 2. The Morgan fingerprint density at radius 1 is 1.11 bits per heavy atom. The molecule has 0 bridgehead atoms. The van der Waals surface area contributed by atoms with E-state index in [1.165, 1.54) is 4.88 Å². The fourth-order valence-electron chi connectivity index (χ4n) is 2.59. The van der Waals surface area contributed by atoms with Crippen molar-refractivity contribution in [2.45, 2.75) is 26.8 Å². The molecule has 1 aromatic carbocycles. The van der Waals surface area contributed by atoms with E-state index in [2.05, 4.69) is 20.6 Å². The summed E-state index contributed by atoms with van der Waals surface area (Å²) in [5, 5.41) is 7.61. The lowest BCUT2D eigenvalue weighted by Crippen LogP contribution is -2.38. The number of aryl methyl sites for hydroxylation is 1. The maximum atomic E-state index is 5.50. The third-order valence-corrected chi connectivity index (χ3v) is 4.77. The Hall–Kier alpha value is -2.48. The van der Waals surface area contributed by atoms with Crippen LogP contribution in [0.2, 0.25) is 0 Å². The van der Waals surface area contributed by atoms with E-state index >= 15 is 0 Å². The quantitative estimate of drug-likeness (QED) is 0.505. The van der Waals surface area contributed by atoms with Gasteiger partial charge in [-0.25, -0.2) is 9.98 Å². The van der Waals surface area contributed by atoms with E-state index in [1.807, 2.05) is 32.2 Å². The first-order chi connectivity index (χ1) is 13.1. The van der Waals surface area contributed by atoms with Crippen LogP contribution in [0.1, 0.15) is 22.4 Å². The van der Waals surface area contributed by atoms with Gasteiger partial charge in [-0.05, 0) is 20.3 Å². The van der Waals surface area contributed by atoms with E-state index in [0.717, 1.165) is 41.0 Å². The number of hydrogen-bond acceptors (Lipinski definition) is 6. The summed E-state index contributed by atoms with van der Waals surface area (Å²) < 4.78 is 16.3. The Morgan fingerprint density at radius 3 is 2.33 bits per heavy atom. The summed E-state index contributed by atoms with van der Waals surface area (Å²) in [7, 11) is 4.91. The van der Waals surface area contributed by atoms with Crippen LogP contribution in [0.3, 0.4) is 0 Å². The molecule has 27 heavy (non-hydrogen) atoms. The van der Waals surface area contributed by atoms with Gasteiger partial charge in [-0.1, -0.05) is 0 Å². The zero-order valence-electron chi connectivity index (χ0n) is 16.6. The highest BCUT2D eigenvalue weighted by Gasteiger charge is 2.13. The molecule has 0 atom stereocenters. The number of rotatable bonds is 9. The lowest BCUT2D eigenvalue weighted by atomic mass is 10.1. The first-order valence-corrected chi connectivity index (χ1v) is 9.65. The highest BCUT2D eigenvalue weighted by Crippen LogP contribution is 2.34. The zero-order chi connectivity index (χ0) is 19.6. The van der Waals surface area contributed by atoms with Crippen molar-refractivity contribution in [3.63, 3.8) is 0 Å². The number of thiazole rings is 1. The molecular formula is C19H28N4O3S. The molecule has 0 amide bonds. The number of nitrogens with one attached hydrogen (secondary N) is 2. The lowest BCUT2D eigenvalue weighted by molar-refractivity contribution is 0.368. The van der Waals surface area contributed by atoms with Crippen molar-refractivity contribution >= 4 is 17.3 Å². The summed E-state index contributed by atoms with van der Waals surface area (Å²) in [6, 6.07) is 3.73. The summed E-state index contributed by atoms with van der Waals surface area (Å²) in [4.78, 5) is 10.1. The number of ether oxygens (including phenoxy) is 3. The molecule has 148 valence electrons. The predicted molar refractivity (Wildman–Crippen MR) is 109 cm³/mol. The topological polar surface area (TPSA) is 77.0 Å². The van der Waals surface area contributed by atoms with E-state index in [9.17, 15) is 0 Å². The largest absolute Gasteiger partial charge is 0.496 e. The molecule has 7 nitrogen and oxygen atoms in total. The fourth-order valence-corrected chi connectivity index (χ4v) is 3.30. The molecule has 8 heteroatoms. The molecule has 0 aliphatic heterocycles. The van der Waals surface area contributed by atoms with Crippen LogP contribution in [-0.2, 0) is 13.0 Å². The molecule has 1 heterocycles. The van der Waals surface area contributed by atoms with Crippen molar-refractivity contribution in [2.75, 3.05) is 34.4 Å². The standard InChI is InChI=1S/C19H28N4O3S/c1-6-20-19(23-12-18-22-11-13(2)27-18)21-8-7-15-16(25-4)9-14(24-3)10-17(15)26-5/h9-11H,6-8,12H2,1-5H3,(H2,20,21,23). The number of benzene rings is 1. The molecule has 0 saturated carbocycles. The molecule has 0 aliphatic rings. The molecule has 0 aliphatic carbocycles. The van der Waals surface area contributed by atoms with Gasteiger partial charge in [0.2, 0.25) is 0 Å². The van der Waals surface area contributed by atoms with Gasteiger partial charge in [0.25, 0.3) is 0 Å². The number of methoxy groups -OCH3 is 3. The van der Waals surface area contributed by atoms with Gasteiger partial charge in [-0.15, -0.1) is 11.3 Å². The molecule has 1 aromatic heterocycles. The van der Waals surface area contributed by atoms with Gasteiger partial charge in [-0.3, -0.25) is 0 Å². The van der Waals surface area contributed by atoms with Crippen molar-refractivity contribution in [3.8, 4) is 17.2 Å². The zero-order valence-corrected chi connectivity index (χ0v) is 17.4. The number of hydrogen-bond donors (Lipinski definition) is 2. The smallest absolute Gasteiger partial charge is 0.191 e. The Balaban J connectivity index is 2.03. The van der Waals surface area contributed by atoms with Crippen LogP contribution in [0.15, 0.2) is 23.3 Å². The lowest BCUT2D eigenvalue weighted by Gasteiger charge is -2.16. The van der Waals surface area contributed by atoms with Crippen LogP contribution in [0, 0.1) is 6.92 Å². The molecule has 2 rings (SSSR count). The normalized spacial score (nSPS) is 11.2. The van der Waals surface area contributed by atoms with Crippen LogP contribution >= 0.6 is 11.3 Å². The third-order valence-electron chi connectivity index (χ3n) is 3.87. The summed E-state index contributed by atoms with van der Waals surface area (Å²) in [6.45, 7) is 6.12. The van der Waals surface area contributed by atoms with Crippen LogP contribution in [0.5, 0.6) is 17.2 Å². The first kappa shape index (κ1) is 20.8. The minimum absolute atomic E-state index is 0.559. The van der Waals surface area contributed by atoms with Gasteiger partial charge in [-0.2, -0.15) is 0 Å². The monoisotopic (exact) mass is 392 g/mol. The second kappa shape index (κ2) is 10.6. The van der Waals surface area contributed by atoms with Gasteiger partial charge in [0, 0.05) is 41.9 Å². The van der Waals surface area contributed by atoms with Crippen LogP contribution in [-0.4, -0.2) is 45.4 Å². The predicted octanol–water partition coefficient (Wildman–Crippen LogP) is 2.78. The van der Waals surface area contributed by atoms with Gasteiger partial charge in [0.05, 0.1) is 27.9 Å². The van der Waals surface area contributed by atoms with Crippen molar-refractivity contribution < 1.29 is 14.2 Å². The number of aliphatic imine (C=N–C) groups is 1. The molecule has 2 aromatic rings. The second-order valence-electron chi connectivity index (χ2n) is 5.75. The Labute approximate surface area is 164 Å². The van der Waals surface area contributed by atoms with Crippen LogP contribution in [0.25, 0.3) is 0 Å². The van der Waals surface area contributed by atoms with E-state index in [1.54, 1.807) is 32.7 Å². The second-order valence-corrected chi connectivity index (χ2v) is 7.07. The highest BCUT2D eigenvalue weighted by molar-refractivity contribution is 7.11. The molecule has 0 unspecified atom stereocenters. The molecule has 0 radical (unpaired) electrons. The van der Waals surface area contributed by atoms with Crippen molar-refractivity contribution in [1.29, 1.82) is 0 Å². The molecular weight excluding hydrogens is 364 g/mol. The summed E-state index contributed by atoms with van der Waals surface area (Å²) >= 11 is 1.66. The van der Waals surface area contributed by atoms with Crippen molar-refractivity contribution in [3.05, 3.63) is 33.8 Å². The molecule has 0 saturated heterocycles. The first-order valence-electron chi connectivity index (χ1n) is 8.83. The Kier molecular flexibility index (Phi) is 8.19. The van der Waals surface area contributed by atoms with Crippen molar-refractivity contribution in [1.82, 2.24) is 15.6 Å². The highest BCUT2D eigenvalue weighted by atomic mass is 32.1. The van der Waals surface area contributed by atoms with E-state index in [-0.39, 0.29) is 0 Å². The van der Waals surface area contributed by atoms with Gasteiger partial charge >= 0.3 is 0 Å². The molecule has 0 spiro atoms. The fraction of sp³-hybridized carbons (Fsp3) is 0.474. The molecule has 0 fully saturated rings. The third kappa shape index (κ3) is 6.02. The van der Waals surface area contributed by atoms with Gasteiger partial charge in [0.1, 0.15) is 22.3 Å². The summed E-state index contributed by atoms with van der Waals surface area (Å²) in [5.74, 6) is 2.95. The van der Waals surface area contributed by atoms with E-state index in [0.29, 0.717) is 18.8 Å². The SMILES string of the molecule is CCNC(=NCc1ncc(C)s1)NCCc1c(OC)cc(OC)cc1OC. The average Bonchev–Trinajstić information content (AvgIpc) is 3.10. The van der Waals surface area contributed by atoms with Gasteiger partial charge < -0.3 is 24.8 Å². The average molecular weight is 393 g/mol. The number of aromatic nitrogens is 1. The van der Waals surface area contributed by atoms with E-state index < -0.39 is 0 Å². The van der Waals surface area contributed by atoms with Gasteiger partial charge in [0.15, 0.2) is 5.96 Å². The minimum Gasteiger partial charge on any atom is -0.496 e. The van der Waals surface area contributed by atoms with Crippen LogP contribution < -0.4 is 24.8 Å². The van der Waals surface area contributed by atoms with Crippen LogP contribution in [0.4, 0.5) is 0 Å². The maximum absolute atomic E-state index is 5.50. The van der Waals surface area contributed by atoms with E-state index in [4.69, 9.17) is 14.2 Å². The van der Waals surface area contributed by atoms with Crippen molar-refractivity contribution in [2.24, 2.45) is 4.99 Å². The summed E-state index contributed by atoms with van der Waals surface area (Å²) in [5.41, 5.74) is 0.986. The maximum Gasteiger partial charge on any atom is 0.191 e. The summed E-state index contributed by atoms with van der Waals surface area (Å²) in [6.07, 6.45) is 2.59. The molecule has 2 N–H and O–H groups in total.